The van der Waals surface area contributed by atoms with Crippen LogP contribution in [0.3, 0.4) is 0 Å². The Morgan fingerprint density at radius 3 is 2.38 bits per heavy atom. The molecule has 0 bridgehead atoms. The highest BCUT2D eigenvalue weighted by Crippen LogP contribution is 2.33. The second-order valence-corrected chi connectivity index (χ2v) is 6.36. The van der Waals surface area contributed by atoms with Gasteiger partial charge in [-0.25, -0.2) is 0 Å². The number of alkyl halides is 2. The Bertz CT molecular complexity index is 319. The third-order valence-corrected chi connectivity index (χ3v) is 5.69. The van der Waals surface area contributed by atoms with Crippen molar-refractivity contribution in [2.45, 2.75) is 26.2 Å². The first-order valence-electron chi connectivity index (χ1n) is 5.52. The molecular formula is C13H17Br3. The van der Waals surface area contributed by atoms with Crippen LogP contribution in [-0.4, -0.2) is 10.7 Å². The number of hydrogen-bond donors (Lipinski definition) is 0. The molecule has 0 unspecified atom stereocenters. The van der Waals surface area contributed by atoms with E-state index in [0.29, 0.717) is 5.41 Å². The van der Waals surface area contributed by atoms with E-state index in [9.17, 15) is 0 Å². The van der Waals surface area contributed by atoms with Crippen LogP contribution in [0.2, 0.25) is 0 Å². The molecule has 3 heteroatoms. The average molecular weight is 413 g/mol. The van der Waals surface area contributed by atoms with E-state index in [0.717, 1.165) is 17.1 Å². The van der Waals surface area contributed by atoms with Crippen LogP contribution in [0.5, 0.6) is 0 Å². The van der Waals surface area contributed by atoms with Gasteiger partial charge in [0.25, 0.3) is 0 Å². The molecule has 0 nitrogen and oxygen atoms in total. The number of halogens is 3. The lowest BCUT2D eigenvalue weighted by Gasteiger charge is -2.30. The number of rotatable bonds is 6. The molecule has 0 aliphatic heterocycles. The molecule has 0 N–H and O–H groups in total. The van der Waals surface area contributed by atoms with Crippen molar-refractivity contribution in [3.05, 3.63) is 34.3 Å². The zero-order valence-corrected chi connectivity index (χ0v) is 14.2. The molecule has 90 valence electrons. The van der Waals surface area contributed by atoms with E-state index in [-0.39, 0.29) is 0 Å². The predicted molar refractivity (Wildman–Crippen MR) is 82.8 cm³/mol. The highest BCUT2D eigenvalue weighted by Gasteiger charge is 2.27. The van der Waals surface area contributed by atoms with Crippen LogP contribution in [0.4, 0.5) is 0 Å². The molecule has 0 aliphatic carbocycles. The monoisotopic (exact) mass is 410 g/mol. The smallest absolute Gasteiger partial charge is 0.0177 e. The van der Waals surface area contributed by atoms with Crippen molar-refractivity contribution in [1.29, 1.82) is 0 Å². The third kappa shape index (κ3) is 4.15. The van der Waals surface area contributed by atoms with Crippen LogP contribution >= 0.6 is 47.8 Å². The van der Waals surface area contributed by atoms with E-state index in [1.165, 1.54) is 22.9 Å². The molecule has 0 aromatic heterocycles. The molecule has 0 saturated heterocycles. The summed E-state index contributed by atoms with van der Waals surface area (Å²) < 4.78 is 1.17. The van der Waals surface area contributed by atoms with Gasteiger partial charge in [0.1, 0.15) is 0 Å². The summed E-state index contributed by atoms with van der Waals surface area (Å²) in [5, 5.41) is 2.09. The fraction of sp³-hybridized carbons (Fsp3) is 0.538. The second kappa shape index (κ2) is 7.17. The highest BCUT2D eigenvalue weighted by atomic mass is 79.9. The van der Waals surface area contributed by atoms with Crippen LogP contribution in [0.15, 0.2) is 28.7 Å². The van der Waals surface area contributed by atoms with E-state index in [1.807, 2.05) is 0 Å². The molecule has 1 aromatic carbocycles. The molecular weight excluding hydrogens is 396 g/mol. The maximum absolute atomic E-state index is 3.67. The highest BCUT2D eigenvalue weighted by molar-refractivity contribution is 9.10. The van der Waals surface area contributed by atoms with Gasteiger partial charge in [0.2, 0.25) is 0 Å². The maximum Gasteiger partial charge on any atom is 0.0177 e. The molecule has 0 spiro atoms. The summed E-state index contributed by atoms with van der Waals surface area (Å²) >= 11 is 10.9. The Balaban J connectivity index is 2.82. The molecule has 0 saturated carbocycles. The standard InChI is InChI=1S/C13H17Br3/c1-2-6-13(9-14,10-15)8-11-4-3-5-12(16)7-11/h3-5,7H,2,6,8-10H2,1H3. The zero-order valence-electron chi connectivity index (χ0n) is 9.48. The first-order valence-corrected chi connectivity index (χ1v) is 8.56. The van der Waals surface area contributed by atoms with Crippen molar-refractivity contribution in [2.75, 3.05) is 10.7 Å². The Hall–Kier alpha value is 0.660. The Labute approximate surface area is 124 Å². The minimum absolute atomic E-state index is 0.343. The molecule has 0 amide bonds. The summed E-state index contributed by atoms with van der Waals surface area (Å²) in [6.07, 6.45) is 3.60. The summed E-state index contributed by atoms with van der Waals surface area (Å²) in [7, 11) is 0. The minimum atomic E-state index is 0.343. The summed E-state index contributed by atoms with van der Waals surface area (Å²) in [5.74, 6) is 0. The fourth-order valence-corrected chi connectivity index (χ4v) is 4.29. The van der Waals surface area contributed by atoms with Gasteiger partial charge in [-0.3, -0.25) is 0 Å². The van der Waals surface area contributed by atoms with Crippen LogP contribution in [0, 0.1) is 5.41 Å². The van der Waals surface area contributed by atoms with Crippen LogP contribution < -0.4 is 0 Å². The number of hydrogen-bond acceptors (Lipinski definition) is 0. The molecule has 0 radical (unpaired) electrons. The van der Waals surface area contributed by atoms with Crippen LogP contribution in [0.25, 0.3) is 0 Å². The van der Waals surface area contributed by atoms with E-state index >= 15 is 0 Å². The Morgan fingerprint density at radius 1 is 1.19 bits per heavy atom. The van der Waals surface area contributed by atoms with Crippen LogP contribution in [0.1, 0.15) is 25.3 Å². The van der Waals surface area contributed by atoms with Gasteiger partial charge in [0, 0.05) is 15.1 Å². The summed E-state index contributed by atoms with van der Waals surface area (Å²) in [6, 6.07) is 8.61. The second-order valence-electron chi connectivity index (χ2n) is 4.32. The van der Waals surface area contributed by atoms with Crippen LogP contribution in [-0.2, 0) is 6.42 Å². The van der Waals surface area contributed by atoms with Gasteiger partial charge in [0.05, 0.1) is 0 Å². The van der Waals surface area contributed by atoms with Crippen molar-refractivity contribution in [2.24, 2.45) is 5.41 Å². The van der Waals surface area contributed by atoms with Crippen molar-refractivity contribution < 1.29 is 0 Å². The minimum Gasteiger partial charge on any atom is -0.0922 e. The van der Waals surface area contributed by atoms with Crippen molar-refractivity contribution >= 4 is 47.8 Å². The van der Waals surface area contributed by atoms with E-state index in [4.69, 9.17) is 0 Å². The normalized spacial score (nSPS) is 11.8. The van der Waals surface area contributed by atoms with Gasteiger partial charge in [-0.2, -0.15) is 0 Å². The van der Waals surface area contributed by atoms with Crippen molar-refractivity contribution in [1.82, 2.24) is 0 Å². The molecule has 1 aromatic rings. The van der Waals surface area contributed by atoms with Gasteiger partial charge in [0.15, 0.2) is 0 Å². The van der Waals surface area contributed by atoms with E-state index in [2.05, 4.69) is 79.0 Å². The Morgan fingerprint density at radius 2 is 1.88 bits per heavy atom. The molecule has 16 heavy (non-hydrogen) atoms. The molecule has 1 rings (SSSR count). The quantitative estimate of drug-likeness (QED) is 0.536. The SMILES string of the molecule is CCCC(CBr)(CBr)Cc1cccc(Br)c1. The summed E-state index contributed by atoms with van der Waals surface area (Å²) in [6.45, 7) is 2.25. The van der Waals surface area contributed by atoms with Crippen molar-refractivity contribution in [3.63, 3.8) is 0 Å². The summed E-state index contributed by atoms with van der Waals surface area (Å²) in [5.41, 5.74) is 1.75. The molecule has 0 fully saturated rings. The largest absolute Gasteiger partial charge is 0.0922 e. The fourth-order valence-electron chi connectivity index (χ4n) is 1.96. The zero-order chi connectivity index (χ0) is 12.0. The predicted octanol–water partition coefficient (Wildman–Crippen LogP) is 5.57. The molecule has 0 aliphatic rings. The third-order valence-electron chi connectivity index (χ3n) is 2.82. The maximum atomic E-state index is 3.67. The lowest BCUT2D eigenvalue weighted by atomic mass is 9.82. The van der Waals surface area contributed by atoms with Crippen molar-refractivity contribution in [3.8, 4) is 0 Å². The van der Waals surface area contributed by atoms with Gasteiger partial charge in [-0.15, -0.1) is 0 Å². The molecule has 0 heterocycles. The van der Waals surface area contributed by atoms with Gasteiger partial charge < -0.3 is 0 Å². The Kier molecular flexibility index (Phi) is 6.60. The average Bonchev–Trinajstić information content (AvgIpc) is 2.28. The van der Waals surface area contributed by atoms with Gasteiger partial charge in [-0.1, -0.05) is 73.3 Å². The van der Waals surface area contributed by atoms with E-state index < -0.39 is 0 Å². The number of benzene rings is 1. The van der Waals surface area contributed by atoms with Gasteiger partial charge >= 0.3 is 0 Å². The first kappa shape index (κ1) is 14.7. The van der Waals surface area contributed by atoms with E-state index in [1.54, 1.807) is 0 Å². The lowest BCUT2D eigenvalue weighted by Crippen LogP contribution is -2.27. The lowest BCUT2D eigenvalue weighted by molar-refractivity contribution is 0.352. The summed E-state index contributed by atoms with van der Waals surface area (Å²) in [4.78, 5) is 0. The van der Waals surface area contributed by atoms with Gasteiger partial charge in [-0.05, 0) is 36.0 Å². The topological polar surface area (TPSA) is 0 Å². The first-order chi connectivity index (χ1) is 7.65. The molecule has 0 atom stereocenters.